The number of allylic oxidation sites excluding steroid dienone is 2. The van der Waals surface area contributed by atoms with Gasteiger partial charge in [0.15, 0.2) is 0 Å². The van der Waals surface area contributed by atoms with Gasteiger partial charge in [-0.3, -0.25) is 14.4 Å². The average Bonchev–Trinajstić information content (AvgIpc) is 2.62. The van der Waals surface area contributed by atoms with Gasteiger partial charge in [0.2, 0.25) is 5.91 Å². The smallest absolute Gasteiger partial charge is 0.307 e. The highest BCUT2D eigenvalue weighted by Crippen LogP contribution is 2.27. The Labute approximate surface area is 147 Å². The zero-order chi connectivity index (χ0) is 18.4. The standard InChI is InChI=1S/C19H24N2O4/c1-3-21(4-2)18(23)13-8-7-9-14(12-13)20-17(22)15-10-5-6-11-16(15)19(24)25/h5-9,12,15-16H,3-4,10-11H2,1-2H3,(H,20,22)(H,24,25). The number of hydrogen-bond acceptors (Lipinski definition) is 3. The Hall–Kier alpha value is -2.63. The van der Waals surface area contributed by atoms with E-state index in [0.29, 0.717) is 37.2 Å². The molecule has 1 aromatic rings. The van der Waals surface area contributed by atoms with E-state index in [2.05, 4.69) is 5.32 Å². The van der Waals surface area contributed by atoms with Crippen LogP contribution in [0.4, 0.5) is 5.69 Å². The summed E-state index contributed by atoms with van der Waals surface area (Å²) < 4.78 is 0. The summed E-state index contributed by atoms with van der Waals surface area (Å²) in [6.45, 7) is 5.05. The molecular formula is C19H24N2O4. The van der Waals surface area contributed by atoms with Gasteiger partial charge in [-0.15, -0.1) is 0 Å². The Morgan fingerprint density at radius 2 is 1.76 bits per heavy atom. The minimum absolute atomic E-state index is 0.0925. The van der Waals surface area contributed by atoms with Crippen LogP contribution in [0.25, 0.3) is 0 Å². The summed E-state index contributed by atoms with van der Waals surface area (Å²) in [5.74, 6) is -2.71. The van der Waals surface area contributed by atoms with Crippen LogP contribution in [0.1, 0.15) is 37.0 Å². The van der Waals surface area contributed by atoms with Crippen molar-refractivity contribution in [1.82, 2.24) is 4.90 Å². The number of nitrogens with one attached hydrogen (secondary N) is 1. The summed E-state index contributed by atoms with van der Waals surface area (Å²) in [4.78, 5) is 38.0. The number of carbonyl (C=O) groups is 3. The molecule has 0 saturated heterocycles. The monoisotopic (exact) mass is 344 g/mol. The van der Waals surface area contributed by atoms with Crippen molar-refractivity contribution in [2.45, 2.75) is 26.7 Å². The molecular weight excluding hydrogens is 320 g/mol. The first-order chi connectivity index (χ1) is 12.0. The quantitative estimate of drug-likeness (QED) is 0.777. The number of carbonyl (C=O) groups excluding carboxylic acids is 2. The summed E-state index contributed by atoms with van der Waals surface area (Å²) >= 11 is 0. The second-order valence-corrected chi connectivity index (χ2v) is 6.04. The zero-order valence-electron chi connectivity index (χ0n) is 14.6. The van der Waals surface area contributed by atoms with Crippen LogP contribution in [0.5, 0.6) is 0 Å². The van der Waals surface area contributed by atoms with E-state index in [1.165, 1.54) is 0 Å². The summed E-state index contributed by atoms with van der Waals surface area (Å²) in [7, 11) is 0. The molecule has 1 aliphatic rings. The third kappa shape index (κ3) is 4.47. The fourth-order valence-corrected chi connectivity index (χ4v) is 3.04. The third-order valence-corrected chi connectivity index (χ3v) is 4.51. The lowest BCUT2D eigenvalue weighted by Crippen LogP contribution is -2.35. The molecule has 6 nitrogen and oxygen atoms in total. The normalized spacial score (nSPS) is 19.3. The average molecular weight is 344 g/mol. The minimum atomic E-state index is -0.963. The van der Waals surface area contributed by atoms with Gasteiger partial charge in [0.25, 0.3) is 5.91 Å². The molecule has 1 aromatic carbocycles. The largest absolute Gasteiger partial charge is 0.481 e. The molecule has 25 heavy (non-hydrogen) atoms. The van der Waals surface area contributed by atoms with Crippen molar-refractivity contribution in [1.29, 1.82) is 0 Å². The number of nitrogens with zero attached hydrogens (tertiary/aromatic N) is 1. The second kappa shape index (κ2) is 8.46. The van der Waals surface area contributed by atoms with Crippen molar-refractivity contribution in [3.05, 3.63) is 42.0 Å². The summed E-state index contributed by atoms with van der Waals surface area (Å²) in [5.41, 5.74) is 1.00. The summed E-state index contributed by atoms with van der Waals surface area (Å²) in [6, 6.07) is 6.75. The van der Waals surface area contributed by atoms with Crippen molar-refractivity contribution in [2.75, 3.05) is 18.4 Å². The van der Waals surface area contributed by atoms with Gasteiger partial charge < -0.3 is 15.3 Å². The van der Waals surface area contributed by atoms with Crippen LogP contribution in [-0.4, -0.2) is 40.9 Å². The first-order valence-corrected chi connectivity index (χ1v) is 8.55. The van der Waals surface area contributed by atoms with Crippen molar-refractivity contribution in [3.63, 3.8) is 0 Å². The SMILES string of the molecule is CCN(CC)C(=O)c1cccc(NC(=O)C2CC=CCC2C(=O)O)c1. The molecule has 2 unspecified atom stereocenters. The molecule has 0 radical (unpaired) electrons. The number of hydrogen-bond donors (Lipinski definition) is 2. The predicted molar refractivity (Wildman–Crippen MR) is 95.3 cm³/mol. The Morgan fingerprint density at radius 1 is 1.12 bits per heavy atom. The maximum Gasteiger partial charge on any atom is 0.307 e. The van der Waals surface area contributed by atoms with Crippen LogP contribution in [0, 0.1) is 11.8 Å². The molecule has 0 fully saturated rings. The Balaban J connectivity index is 2.13. The van der Waals surface area contributed by atoms with E-state index >= 15 is 0 Å². The summed E-state index contributed by atoms with van der Waals surface area (Å²) in [6.07, 6.45) is 4.39. The van der Waals surface area contributed by atoms with E-state index in [1.807, 2.05) is 19.9 Å². The van der Waals surface area contributed by atoms with Crippen molar-refractivity contribution in [3.8, 4) is 0 Å². The van der Waals surface area contributed by atoms with Crippen LogP contribution in [0.2, 0.25) is 0 Å². The third-order valence-electron chi connectivity index (χ3n) is 4.51. The number of amides is 2. The molecule has 0 spiro atoms. The molecule has 134 valence electrons. The van der Waals surface area contributed by atoms with Crippen LogP contribution >= 0.6 is 0 Å². The maximum absolute atomic E-state index is 12.5. The molecule has 0 bridgehead atoms. The minimum Gasteiger partial charge on any atom is -0.481 e. The molecule has 2 atom stereocenters. The van der Waals surface area contributed by atoms with Gasteiger partial charge in [-0.1, -0.05) is 18.2 Å². The highest BCUT2D eigenvalue weighted by molar-refractivity contribution is 5.98. The molecule has 0 saturated carbocycles. The Kier molecular flexibility index (Phi) is 6.33. The first kappa shape index (κ1) is 18.7. The molecule has 0 heterocycles. The Bertz CT molecular complexity index is 680. The molecule has 1 aliphatic carbocycles. The predicted octanol–water partition coefficient (Wildman–Crippen LogP) is 2.77. The van der Waals surface area contributed by atoms with E-state index < -0.39 is 17.8 Å². The molecule has 2 N–H and O–H groups in total. The van der Waals surface area contributed by atoms with E-state index in [1.54, 1.807) is 35.2 Å². The lowest BCUT2D eigenvalue weighted by Gasteiger charge is -2.24. The van der Waals surface area contributed by atoms with E-state index in [9.17, 15) is 19.5 Å². The molecule has 2 rings (SSSR count). The highest BCUT2D eigenvalue weighted by Gasteiger charge is 2.34. The lowest BCUT2D eigenvalue weighted by molar-refractivity contribution is -0.146. The number of anilines is 1. The van der Waals surface area contributed by atoms with Gasteiger partial charge in [0, 0.05) is 24.3 Å². The lowest BCUT2D eigenvalue weighted by atomic mass is 9.82. The van der Waals surface area contributed by atoms with Crippen molar-refractivity contribution < 1.29 is 19.5 Å². The van der Waals surface area contributed by atoms with Gasteiger partial charge in [-0.2, -0.15) is 0 Å². The van der Waals surface area contributed by atoms with Gasteiger partial charge in [-0.05, 0) is 44.9 Å². The van der Waals surface area contributed by atoms with Crippen LogP contribution in [0.15, 0.2) is 36.4 Å². The van der Waals surface area contributed by atoms with Gasteiger partial charge in [0.1, 0.15) is 0 Å². The fraction of sp³-hybridized carbons (Fsp3) is 0.421. The van der Waals surface area contributed by atoms with Crippen molar-refractivity contribution >= 4 is 23.5 Å². The number of benzene rings is 1. The van der Waals surface area contributed by atoms with Crippen molar-refractivity contribution in [2.24, 2.45) is 11.8 Å². The van der Waals surface area contributed by atoms with Gasteiger partial charge in [-0.25, -0.2) is 0 Å². The fourth-order valence-electron chi connectivity index (χ4n) is 3.04. The number of carboxylic acid groups (broad SMARTS) is 1. The molecule has 0 aromatic heterocycles. The second-order valence-electron chi connectivity index (χ2n) is 6.04. The van der Waals surface area contributed by atoms with Crippen LogP contribution in [0.3, 0.4) is 0 Å². The maximum atomic E-state index is 12.5. The topological polar surface area (TPSA) is 86.7 Å². The summed E-state index contributed by atoms with van der Waals surface area (Å²) in [5, 5.41) is 12.1. The number of carboxylic acids is 1. The molecule has 6 heteroatoms. The van der Waals surface area contributed by atoms with E-state index in [4.69, 9.17) is 0 Å². The highest BCUT2D eigenvalue weighted by atomic mass is 16.4. The number of aliphatic carboxylic acids is 1. The zero-order valence-corrected chi connectivity index (χ0v) is 14.6. The van der Waals surface area contributed by atoms with Gasteiger partial charge in [0.05, 0.1) is 11.8 Å². The molecule has 0 aliphatic heterocycles. The van der Waals surface area contributed by atoms with Crippen LogP contribution < -0.4 is 5.32 Å². The van der Waals surface area contributed by atoms with Gasteiger partial charge >= 0.3 is 5.97 Å². The molecule has 2 amide bonds. The number of rotatable bonds is 6. The Morgan fingerprint density at radius 3 is 2.36 bits per heavy atom. The van der Waals surface area contributed by atoms with E-state index in [0.717, 1.165) is 0 Å². The van der Waals surface area contributed by atoms with E-state index in [-0.39, 0.29) is 11.8 Å². The van der Waals surface area contributed by atoms with Crippen LogP contribution in [-0.2, 0) is 9.59 Å². The first-order valence-electron chi connectivity index (χ1n) is 8.55.